The van der Waals surface area contributed by atoms with Crippen LogP contribution in [0.15, 0.2) is 0 Å². The quantitative estimate of drug-likeness (QED) is 0.697. The normalized spacial score (nSPS) is 21.3. The topological polar surface area (TPSA) is 49.3 Å². The van der Waals surface area contributed by atoms with E-state index in [9.17, 15) is 4.79 Å². The average molecular weight is 185 g/mol. The number of rotatable bonds is 4. The molecule has 0 saturated carbocycles. The summed E-state index contributed by atoms with van der Waals surface area (Å²) in [7, 11) is 0. The van der Waals surface area contributed by atoms with Crippen molar-refractivity contribution in [2.24, 2.45) is 11.8 Å². The first-order chi connectivity index (χ1) is 6.18. The van der Waals surface area contributed by atoms with Gasteiger partial charge in [0.05, 0.1) is 0 Å². The molecule has 1 aliphatic rings. The number of aliphatic carboxylic acids is 1. The van der Waals surface area contributed by atoms with Crippen LogP contribution in [0.25, 0.3) is 0 Å². The van der Waals surface area contributed by atoms with Crippen LogP contribution in [0.2, 0.25) is 0 Å². The molecule has 0 bridgehead atoms. The zero-order chi connectivity index (χ0) is 9.68. The van der Waals surface area contributed by atoms with Crippen LogP contribution in [0, 0.1) is 11.8 Å². The predicted molar refractivity (Wildman–Crippen MR) is 51.6 cm³/mol. The van der Waals surface area contributed by atoms with Crippen molar-refractivity contribution in [3.63, 3.8) is 0 Å². The lowest BCUT2D eigenvalue weighted by molar-refractivity contribution is -0.138. The molecule has 3 heteroatoms. The van der Waals surface area contributed by atoms with E-state index in [0.29, 0.717) is 12.3 Å². The number of hydrogen-bond donors (Lipinski definition) is 2. The summed E-state index contributed by atoms with van der Waals surface area (Å²) >= 11 is 0. The van der Waals surface area contributed by atoms with E-state index < -0.39 is 5.97 Å². The fourth-order valence-corrected chi connectivity index (χ4v) is 2.07. The van der Waals surface area contributed by atoms with Gasteiger partial charge >= 0.3 is 5.97 Å². The lowest BCUT2D eigenvalue weighted by Crippen LogP contribution is -2.28. The van der Waals surface area contributed by atoms with E-state index in [2.05, 4.69) is 5.32 Å². The van der Waals surface area contributed by atoms with Gasteiger partial charge in [0.1, 0.15) is 0 Å². The molecule has 3 nitrogen and oxygen atoms in total. The highest BCUT2D eigenvalue weighted by Gasteiger charge is 2.17. The highest BCUT2D eigenvalue weighted by atomic mass is 16.4. The van der Waals surface area contributed by atoms with E-state index in [1.165, 1.54) is 12.8 Å². The standard InChI is InChI=1S/C10H19NO2/c1-8(7-10(12)13)6-9-2-4-11-5-3-9/h8-9,11H,2-7H2,1H3,(H,12,13). The van der Waals surface area contributed by atoms with Crippen LogP contribution in [-0.4, -0.2) is 24.2 Å². The zero-order valence-corrected chi connectivity index (χ0v) is 8.25. The van der Waals surface area contributed by atoms with Gasteiger partial charge in [-0.15, -0.1) is 0 Å². The molecule has 1 unspecified atom stereocenters. The van der Waals surface area contributed by atoms with Gasteiger partial charge in [0.25, 0.3) is 0 Å². The molecule has 1 saturated heterocycles. The van der Waals surface area contributed by atoms with Crippen molar-refractivity contribution in [1.29, 1.82) is 0 Å². The van der Waals surface area contributed by atoms with E-state index in [1.807, 2.05) is 6.92 Å². The minimum atomic E-state index is -0.665. The lowest BCUT2D eigenvalue weighted by atomic mass is 9.87. The van der Waals surface area contributed by atoms with Crippen molar-refractivity contribution >= 4 is 5.97 Å². The molecule has 0 aromatic rings. The minimum Gasteiger partial charge on any atom is -0.481 e. The van der Waals surface area contributed by atoms with Gasteiger partial charge in [0.2, 0.25) is 0 Å². The second kappa shape index (κ2) is 5.22. The van der Waals surface area contributed by atoms with Crippen LogP contribution in [0.1, 0.15) is 32.6 Å². The molecule has 2 N–H and O–H groups in total. The van der Waals surface area contributed by atoms with Crippen LogP contribution >= 0.6 is 0 Å². The molecule has 13 heavy (non-hydrogen) atoms. The van der Waals surface area contributed by atoms with Gasteiger partial charge in [-0.1, -0.05) is 6.92 Å². The fourth-order valence-electron chi connectivity index (χ4n) is 2.07. The van der Waals surface area contributed by atoms with Crippen molar-refractivity contribution in [3.8, 4) is 0 Å². The van der Waals surface area contributed by atoms with Gasteiger partial charge < -0.3 is 10.4 Å². The van der Waals surface area contributed by atoms with Gasteiger partial charge in [-0.2, -0.15) is 0 Å². The maximum atomic E-state index is 10.4. The first-order valence-electron chi connectivity index (χ1n) is 5.11. The Morgan fingerprint density at radius 1 is 1.54 bits per heavy atom. The molecule has 1 fully saturated rings. The third kappa shape index (κ3) is 4.27. The molecule has 0 aromatic carbocycles. The Kier molecular flexibility index (Phi) is 4.22. The van der Waals surface area contributed by atoms with Crippen molar-refractivity contribution in [3.05, 3.63) is 0 Å². The first kappa shape index (κ1) is 10.5. The SMILES string of the molecule is CC(CC(=O)O)CC1CCNCC1. The predicted octanol–water partition coefficient (Wildman–Crippen LogP) is 1.49. The third-order valence-corrected chi connectivity index (χ3v) is 2.72. The van der Waals surface area contributed by atoms with Crippen molar-refractivity contribution in [1.82, 2.24) is 5.32 Å². The second-order valence-electron chi connectivity index (χ2n) is 4.13. The first-order valence-corrected chi connectivity index (χ1v) is 5.11. The number of carbonyl (C=O) groups is 1. The average Bonchev–Trinajstić information content (AvgIpc) is 2.04. The second-order valence-corrected chi connectivity index (χ2v) is 4.13. The van der Waals surface area contributed by atoms with Crippen LogP contribution < -0.4 is 5.32 Å². The maximum Gasteiger partial charge on any atom is 0.303 e. The van der Waals surface area contributed by atoms with Gasteiger partial charge in [0, 0.05) is 6.42 Å². The Bertz CT molecular complexity index is 164. The van der Waals surface area contributed by atoms with Crippen LogP contribution in [0.5, 0.6) is 0 Å². The molecule has 1 rings (SSSR count). The molecule has 0 amide bonds. The summed E-state index contributed by atoms with van der Waals surface area (Å²) in [5, 5.41) is 11.9. The Labute approximate surface area is 79.5 Å². The minimum absolute atomic E-state index is 0.323. The molecular weight excluding hydrogens is 166 g/mol. The maximum absolute atomic E-state index is 10.4. The number of nitrogens with one attached hydrogen (secondary N) is 1. The smallest absolute Gasteiger partial charge is 0.303 e. The van der Waals surface area contributed by atoms with Crippen LogP contribution in [0.4, 0.5) is 0 Å². The molecule has 0 aliphatic carbocycles. The molecule has 1 aliphatic heterocycles. The van der Waals surface area contributed by atoms with E-state index in [-0.39, 0.29) is 0 Å². The van der Waals surface area contributed by atoms with Gasteiger partial charge in [-0.3, -0.25) is 4.79 Å². The fraction of sp³-hybridized carbons (Fsp3) is 0.900. The van der Waals surface area contributed by atoms with Gasteiger partial charge in [0.15, 0.2) is 0 Å². The molecule has 1 atom stereocenters. The Hall–Kier alpha value is -0.570. The zero-order valence-electron chi connectivity index (χ0n) is 8.25. The largest absolute Gasteiger partial charge is 0.481 e. The lowest BCUT2D eigenvalue weighted by Gasteiger charge is -2.24. The van der Waals surface area contributed by atoms with E-state index in [1.54, 1.807) is 0 Å². The summed E-state index contributed by atoms with van der Waals surface area (Å²) in [5.74, 6) is 0.414. The molecule has 0 spiro atoms. The highest BCUT2D eigenvalue weighted by Crippen LogP contribution is 2.22. The van der Waals surface area contributed by atoms with Crippen molar-refractivity contribution in [2.45, 2.75) is 32.6 Å². The Morgan fingerprint density at radius 3 is 2.69 bits per heavy atom. The molecule has 0 radical (unpaired) electrons. The summed E-state index contributed by atoms with van der Waals surface area (Å²) in [6.45, 7) is 4.24. The van der Waals surface area contributed by atoms with Crippen molar-refractivity contribution < 1.29 is 9.90 Å². The number of piperidine rings is 1. The number of carboxylic acid groups (broad SMARTS) is 1. The van der Waals surface area contributed by atoms with Crippen molar-refractivity contribution in [2.75, 3.05) is 13.1 Å². The Morgan fingerprint density at radius 2 is 2.15 bits per heavy atom. The monoisotopic (exact) mass is 185 g/mol. The summed E-state index contributed by atoms with van der Waals surface area (Å²) in [4.78, 5) is 10.4. The molecule has 1 heterocycles. The van der Waals surface area contributed by atoms with Gasteiger partial charge in [-0.25, -0.2) is 0 Å². The summed E-state index contributed by atoms with van der Waals surface area (Å²) in [6.07, 6.45) is 3.83. The summed E-state index contributed by atoms with van der Waals surface area (Å²) < 4.78 is 0. The van der Waals surface area contributed by atoms with E-state index >= 15 is 0 Å². The Balaban J connectivity index is 2.18. The highest BCUT2D eigenvalue weighted by molar-refractivity contribution is 5.66. The number of hydrogen-bond acceptors (Lipinski definition) is 2. The number of carboxylic acids is 1. The summed E-state index contributed by atoms with van der Waals surface area (Å²) in [5.41, 5.74) is 0. The van der Waals surface area contributed by atoms with Gasteiger partial charge in [-0.05, 0) is 44.2 Å². The third-order valence-electron chi connectivity index (χ3n) is 2.72. The van der Waals surface area contributed by atoms with Crippen LogP contribution in [-0.2, 0) is 4.79 Å². The molecule has 76 valence electrons. The van der Waals surface area contributed by atoms with E-state index in [4.69, 9.17) is 5.11 Å². The van der Waals surface area contributed by atoms with Crippen LogP contribution in [0.3, 0.4) is 0 Å². The molecular formula is C10H19NO2. The van der Waals surface area contributed by atoms with E-state index in [0.717, 1.165) is 25.4 Å². The molecule has 0 aromatic heterocycles. The summed E-state index contributed by atoms with van der Waals surface area (Å²) in [6, 6.07) is 0.